The lowest BCUT2D eigenvalue weighted by molar-refractivity contribution is 0.168. The first-order chi connectivity index (χ1) is 11.2. The zero-order chi connectivity index (χ0) is 16.9. The van der Waals surface area contributed by atoms with Crippen LogP contribution in [0.25, 0.3) is 0 Å². The van der Waals surface area contributed by atoms with Gasteiger partial charge in [-0.3, -0.25) is 5.32 Å². The predicted octanol–water partition coefficient (Wildman–Crippen LogP) is 2.29. The summed E-state index contributed by atoms with van der Waals surface area (Å²) < 4.78 is 4.80. The van der Waals surface area contributed by atoms with Gasteiger partial charge in [0.05, 0.1) is 6.61 Å². The number of thiol groups is 1. The quantitative estimate of drug-likeness (QED) is 0.352. The molecule has 7 nitrogen and oxygen atoms in total. The summed E-state index contributed by atoms with van der Waals surface area (Å²) >= 11 is 4.12. The number of hydrogen-bond donors (Lipinski definition) is 5. The fraction of sp³-hybridized carbons (Fsp3) is 0.467. The molecule has 1 aromatic rings. The second-order valence-corrected chi connectivity index (χ2v) is 5.08. The fourth-order valence-electron chi connectivity index (χ4n) is 1.73. The predicted molar refractivity (Wildman–Crippen MR) is 95.4 cm³/mol. The number of anilines is 2. The summed E-state index contributed by atoms with van der Waals surface area (Å²) in [5.74, 6) is 0.844. The van der Waals surface area contributed by atoms with E-state index in [1.807, 2.05) is 0 Å². The van der Waals surface area contributed by atoms with Crippen molar-refractivity contribution in [1.82, 2.24) is 10.6 Å². The standard InChI is InChI=1S/C15H24N4O3S/c1-2-22-15(21)19-13-6-3-5-12(11-13)18-14(20)17-9-8-16-7-4-10-23/h3,5-6,11,16,23H,2,4,7-10H2,1H3,(H,19,21)(H2,17,18,20). The van der Waals surface area contributed by atoms with Crippen LogP contribution in [0, 0.1) is 0 Å². The van der Waals surface area contributed by atoms with Crippen LogP contribution >= 0.6 is 12.6 Å². The summed E-state index contributed by atoms with van der Waals surface area (Å²) in [5, 5.41) is 11.2. The first-order valence-corrected chi connectivity index (χ1v) is 8.19. The number of ether oxygens (including phenoxy) is 1. The molecule has 0 unspecified atom stereocenters. The molecule has 0 bridgehead atoms. The smallest absolute Gasteiger partial charge is 0.411 e. The van der Waals surface area contributed by atoms with E-state index in [0.29, 0.717) is 31.1 Å². The molecule has 0 aliphatic heterocycles. The lowest BCUT2D eigenvalue weighted by atomic mass is 10.3. The van der Waals surface area contributed by atoms with Crippen molar-refractivity contribution in [1.29, 1.82) is 0 Å². The van der Waals surface area contributed by atoms with Gasteiger partial charge in [0.1, 0.15) is 0 Å². The van der Waals surface area contributed by atoms with Crippen molar-refractivity contribution in [3.63, 3.8) is 0 Å². The number of rotatable bonds is 9. The second-order valence-electron chi connectivity index (χ2n) is 4.63. The molecule has 0 saturated carbocycles. The highest BCUT2D eigenvalue weighted by molar-refractivity contribution is 7.80. The van der Waals surface area contributed by atoms with Crippen molar-refractivity contribution >= 4 is 36.1 Å². The molecule has 128 valence electrons. The lowest BCUT2D eigenvalue weighted by Crippen LogP contribution is -2.35. The normalized spacial score (nSPS) is 10.0. The van der Waals surface area contributed by atoms with Crippen LogP contribution in [0.4, 0.5) is 21.0 Å². The molecular formula is C15H24N4O3S. The van der Waals surface area contributed by atoms with E-state index in [2.05, 4.69) is 33.9 Å². The Balaban J connectivity index is 2.33. The van der Waals surface area contributed by atoms with E-state index in [1.165, 1.54) is 0 Å². The van der Waals surface area contributed by atoms with Crippen LogP contribution in [0.3, 0.4) is 0 Å². The van der Waals surface area contributed by atoms with Gasteiger partial charge in [-0.25, -0.2) is 9.59 Å². The van der Waals surface area contributed by atoms with E-state index in [4.69, 9.17) is 4.74 Å². The molecule has 0 saturated heterocycles. The molecule has 0 heterocycles. The van der Waals surface area contributed by atoms with Gasteiger partial charge in [-0.05, 0) is 43.8 Å². The van der Waals surface area contributed by atoms with Gasteiger partial charge in [0, 0.05) is 24.5 Å². The van der Waals surface area contributed by atoms with Gasteiger partial charge in [-0.15, -0.1) is 0 Å². The van der Waals surface area contributed by atoms with Crippen LogP contribution < -0.4 is 21.3 Å². The minimum absolute atomic E-state index is 0.297. The first-order valence-electron chi connectivity index (χ1n) is 7.56. The third-order valence-corrected chi connectivity index (χ3v) is 3.06. The molecule has 0 aromatic heterocycles. The number of amides is 3. The van der Waals surface area contributed by atoms with E-state index in [9.17, 15) is 9.59 Å². The Hall–Kier alpha value is -1.93. The van der Waals surface area contributed by atoms with Crippen LogP contribution in [0.5, 0.6) is 0 Å². The van der Waals surface area contributed by atoms with Gasteiger partial charge in [-0.2, -0.15) is 12.6 Å². The fourth-order valence-corrected chi connectivity index (χ4v) is 1.89. The molecule has 0 fully saturated rings. The van der Waals surface area contributed by atoms with Crippen LogP contribution in [-0.2, 0) is 4.74 Å². The van der Waals surface area contributed by atoms with Crippen LogP contribution in [-0.4, -0.2) is 44.1 Å². The molecule has 0 spiro atoms. The summed E-state index contributed by atoms with van der Waals surface area (Å²) in [7, 11) is 0. The van der Waals surface area contributed by atoms with E-state index in [1.54, 1.807) is 31.2 Å². The largest absolute Gasteiger partial charge is 0.450 e. The molecule has 0 atom stereocenters. The van der Waals surface area contributed by atoms with Crippen molar-refractivity contribution in [3.8, 4) is 0 Å². The third-order valence-electron chi connectivity index (χ3n) is 2.74. The molecule has 23 heavy (non-hydrogen) atoms. The van der Waals surface area contributed by atoms with Gasteiger partial charge in [0.25, 0.3) is 0 Å². The molecular weight excluding hydrogens is 316 g/mol. The average molecular weight is 340 g/mol. The zero-order valence-electron chi connectivity index (χ0n) is 13.2. The minimum atomic E-state index is -0.526. The number of hydrogen-bond acceptors (Lipinski definition) is 5. The number of carbonyl (C=O) groups excluding carboxylic acids is 2. The summed E-state index contributed by atoms with van der Waals surface area (Å²) in [6.45, 7) is 4.14. The maximum atomic E-state index is 11.8. The average Bonchev–Trinajstić information content (AvgIpc) is 2.51. The first kappa shape index (κ1) is 19.1. The van der Waals surface area contributed by atoms with E-state index in [0.717, 1.165) is 18.7 Å². The monoisotopic (exact) mass is 340 g/mol. The Labute approximate surface area is 142 Å². The molecule has 0 aliphatic rings. The molecule has 3 amide bonds. The van der Waals surface area contributed by atoms with E-state index >= 15 is 0 Å². The third kappa shape index (κ3) is 8.94. The van der Waals surface area contributed by atoms with Crippen LogP contribution in [0.15, 0.2) is 24.3 Å². The molecule has 4 N–H and O–H groups in total. The Morgan fingerprint density at radius 2 is 1.87 bits per heavy atom. The maximum absolute atomic E-state index is 11.8. The second kappa shape index (κ2) is 11.6. The highest BCUT2D eigenvalue weighted by Crippen LogP contribution is 2.15. The topological polar surface area (TPSA) is 91.5 Å². The van der Waals surface area contributed by atoms with Gasteiger partial charge in [0.15, 0.2) is 0 Å². The SMILES string of the molecule is CCOC(=O)Nc1cccc(NC(=O)NCCNCCCS)c1. The molecule has 1 rings (SSSR count). The van der Waals surface area contributed by atoms with Crippen LogP contribution in [0.1, 0.15) is 13.3 Å². The summed E-state index contributed by atoms with van der Waals surface area (Å²) in [6.07, 6.45) is 0.469. The Morgan fingerprint density at radius 3 is 2.57 bits per heavy atom. The lowest BCUT2D eigenvalue weighted by Gasteiger charge is -2.10. The van der Waals surface area contributed by atoms with Gasteiger partial charge in [-0.1, -0.05) is 6.07 Å². The van der Waals surface area contributed by atoms with Crippen molar-refractivity contribution in [2.75, 3.05) is 42.6 Å². The molecule has 1 aromatic carbocycles. The van der Waals surface area contributed by atoms with E-state index in [-0.39, 0.29) is 6.03 Å². The van der Waals surface area contributed by atoms with Gasteiger partial charge >= 0.3 is 12.1 Å². The van der Waals surface area contributed by atoms with E-state index < -0.39 is 6.09 Å². The number of urea groups is 1. The van der Waals surface area contributed by atoms with Crippen molar-refractivity contribution in [3.05, 3.63) is 24.3 Å². The van der Waals surface area contributed by atoms with Crippen molar-refractivity contribution < 1.29 is 14.3 Å². The summed E-state index contributed by atoms with van der Waals surface area (Å²) in [4.78, 5) is 23.1. The van der Waals surface area contributed by atoms with Crippen molar-refractivity contribution in [2.24, 2.45) is 0 Å². The van der Waals surface area contributed by atoms with Gasteiger partial charge < -0.3 is 20.7 Å². The van der Waals surface area contributed by atoms with Crippen LogP contribution in [0.2, 0.25) is 0 Å². The Morgan fingerprint density at radius 1 is 1.13 bits per heavy atom. The van der Waals surface area contributed by atoms with Crippen molar-refractivity contribution in [2.45, 2.75) is 13.3 Å². The molecule has 0 radical (unpaired) electrons. The Bertz CT molecular complexity index is 499. The highest BCUT2D eigenvalue weighted by atomic mass is 32.1. The molecule has 0 aliphatic carbocycles. The Kier molecular flexibility index (Phi) is 9.65. The molecule has 8 heteroatoms. The van der Waals surface area contributed by atoms with Gasteiger partial charge in [0.2, 0.25) is 0 Å². The maximum Gasteiger partial charge on any atom is 0.411 e. The highest BCUT2D eigenvalue weighted by Gasteiger charge is 2.04. The number of benzene rings is 1. The summed E-state index contributed by atoms with van der Waals surface area (Å²) in [6, 6.07) is 6.54. The number of carbonyl (C=O) groups is 2. The minimum Gasteiger partial charge on any atom is -0.450 e. The number of nitrogens with one attached hydrogen (secondary N) is 4. The summed E-state index contributed by atoms with van der Waals surface area (Å²) in [5.41, 5.74) is 1.13. The zero-order valence-corrected chi connectivity index (χ0v) is 14.1.